The number of anilines is 1. The maximum absolute atomic E-state index is 13.9. The molecule has 0 aliphatic carbocycles. The molecule has 198 valence electrons. The van der Waals surface area contributed by atoms with E-state index in [1.165, 1.54) is 11.8 Å². The molecule has 0 bridgehead atoms. The number of aromatic nitrogens is 1. The SMILES string of the molecule is Cc1cccc(C)c1N=C1SC(=Cc2cn(Cc3ccc(Cl)cc3Cl)c3ccccc23)C(=O)N1c1ccccc1. The molecule has 4 aromatic carbocycles. The van der Waals surface area contributed by atoms with Crippen LogP contribution in [0.15, 0.2) is 107 Å². The number of halogens is 2. The zero-order valence-electron chi connectivity index (χ0n) is 21.9. The number of carbonyl (C=O) groups is 1. The monoisotopic (exact) mass is 581 g/mol. The lowest BCUT2D eigenvalue weighted by Crippen LogP contribution is -2.28. The number of fused-ring (bicyclic) bond motifs is 1. The zero-order chi connectivity index (χ0) is 27.8. The molecule has 1 saturated heterocycles. The van der Waals surface area contributed by atoms with Gasteiger partial charge in [-0.05, 0) is 78.7 Å². The first-order chi connectivity index (χ1) is 19.4. The van der Waals surface area contributed by atoms with Gasteiger partial charge >= 0.3 is 0 Å². The summed E-state index contributed by atoms with van der Waals surface area (Å²) in [7, 11) is 0. The normalized spacial score (nSPS) is 15.6. The Morgan fingerprint density at radius 3 is 2.35 bits per heavy atom. The van der Waals surface area contributed by atoms with Crippen molar-refractivity contribution in [1.29, 1.82) is 0 Å². The van der Waals surface area contributed by atoms with Gasteiger partial charge in [0.2, 0.25) is 0 Å². The summed E-state index contributed by atoms with van der Waals surface area (Å²) >= 11 is 14.0. The Morgan fingerprint density at radius 1 is 0.875 bits per heavy atom. The van der Waals surface area contributed by atoms with E-state index >= 15 is 0 Å². The van der Waals surface area contributed by atoms with E-state index in [2.05, 4.69) is 22.9 Å². The van der Waals surface area contributed by atoms with E-state index in [0.717, 1.165) is 44.5 Å². The zero-order valence-corrected chi connectivity index (χ0v) is 24.3. The van der Waals surface area contributed by atoms with Gasteiger partial charge in [-0.15, -0.1) is 0 Å². The van der Waals surface area contributed by atoms with Crippen molar-refractivity contribution in [2.45, 2.75) is 20.4 Å². The highest BCUT2D eigenvalue weighted by Gasteiger charge is 2.35. The quantitative estimate of drug-likeness (QED) is 0.194. The number of hydrogen-bond acceptors (Lipinski definition) is 3. The highest BCUT2D eigenvalue weighted by atomic mass is 35.5. The van der Waals surface area contributed by atoms with Crippen molar-refractivity contribution >= 4 is 74.4 Å². The minimum atomic E-state index is -0.0984. The minimum absolute atomic E-state index is 0.0984. The predicted octanol–water partition coefficient (Wildman–Crippen LogP) is 9.42. The third kappa shape index (κ3) is 5.08. The molecule has 7 heteroatoms. The number of para-hydroxylation sites is 3. The molecule has 1 aliphatic heterocycles. The standard InChI is InChI=1S/C33H25Cl2N3OS/c1-21-9-8-10-22(2)31(21)36-33-38(26-11-4-3-5-12-26)32(39)30(40-33)17-24-20-37(29-14-7-6-13-27(24)29)19-23-15-16-25(34)18-28(23)35/h3-18,20H,19H2,1-2H3. The van der Waals surface area contributed by atoms with Crippen molar-refractivity contribution in [2.75, 3.05) is 4.90 Å². The molecule has 0 N–H and O–H groups in total. The number of aryl methyl sites for hydroxylation is 2. The van der Waals surface area contributed by atoms with E-state index in [4.69, 9.17) is 28.2 Å². The molecule has 0 unspecified atom stereocenters. The lowest BCUT2D eigenvalue weighted by Gasteiger charge is -2.16. The molecule has 0 spiro atoms. The molecule has 1 fully saturated rings. The largest absolute Gasteiger partial charge is 0.342 e. The van der Waals surface area contributed by atoms with Gasteiger partial charge in [-0.1, -0.05) is 83.9 Å². The fourth-order valence-electron chi connectivity index (χ4n) is 4.93. The molecular formula is C33H25Cl2N3OS. The van der Waals surface area contributed by atoms with Crippen LogP contribution in [0.2, 0.25) is 10.0 Å². The molecule has 0 saturated carbocycles. The average molecular weight is 583 g/mol. The number of amidine groups is 1. The summed E-state index contributed by atoms with van der Waals surface area (Å²) in [6.45, 7) is 4.66. The average Bonchev–Trinajstić information content (AvgIpc) is 3.45. The molecule has 1 amide bonds. The molecule has 5 aromatic rings. The van der Waals surface area contributed by atoms with E-state index < -0.39 is 0 Å². The van der Waals surface area contributed by atoms with Crippen molar-refractivity contribution in [1.82, 2.24) is 4.57 Å². The van der Waals surface area contributed by atoms with Gasteiger partial charge < -0.3 is 4.57 Å². The van der Waals surface area contributed by atoms with Gasteiger partial charge in [0.15, 0.2) is 5.17 Å². The molecule has 0 radical (unpaired) electrons. The Balaban J connectivity index is 1.44. The summed E-state index contributed by atoms with van der Waals surface area (Å²) in [5.74, 6) is -0.0984. The van der Waals surface area contributed by atoms with Crippen molar-refractivity contribution in [3.05, 3.63) is 134 Å². The van der Waals surface area contributed by atoms with Crippen LogP contribution in [-0.4, -0.2) is 15.6 Å². The summed E-state index contributed by atoms with van der Waals surface area (Å²) in [4.78, 5) is 21.2. The Labute approximate surface area is 247 Å². The van der Waals surface area contributed by atoms with Gasteiger partial charge in [0, 0.05) is 39.3 Å². The van der Waals surface area contributed by atoms with Crippen LogP contribution < -0.4 is 4.90 Å². The number of rotatable bonds is 5. The highest BCUT2D eigenvalue weighted by Crippen LogP contribution is 2.39. The van der Waals surface area contributed by atoms with Crippen LogP contribution in [-0.2, 0) is 11.3 Å². The van der Waals surface area contributed by atoms with E-state index in [-0.39, 0.29) is 5.91 Å². The molecule has 0 atom stereocenters. The number of amides is 1. The second-order valence-electron chi connectivity index (χ2n) is 9.69. The van der Waals surface area contributed by atoms with Crippen LogP contribution in [0.5, 0.6) is 0 Å². The number of thioether (sulfide) groups is 1. The molecular weight excluding hydrogens is 557 g/mol. The van der Waals surface area contributed by atoms with Gasteiger partial charge in [0.1, 0.15) is 0 Å². The van der Waals surface area contributed by atoms with E-state index in [1.54, 1.807) is 11.0 Å². The maximum atomic E-state index is 13.9. The van der Waals surface area contributed by atoms with E-state index in [1.807, 2.05) is 92.7 Å². The summed E-state index contributed by atoms with van der Waals surface area (Å²) in [6.07, 6.45) is 4.04. The summed E-state index contributed by atoms with van der Waals surface area (Å²) < 4.78 is 2.15. The summed E-state index contributed by atoms with van der Waals surface area (Å²) in [6, 6.07) is 29.5. The van der Waals surface area contributed by atoms with Gasteiger partial charge in [-0.25, -0.2) is 4.99 Å². The number of benzene rings is 4. The predicted molar refractivity (Wildman–Crippen MR) is 170 cm³/mol. The van der Waals surface area contributed by atoms with Gasteiger partial charge in [0.25, 0.3) is 5.91 Å². The Kier molecular flexibility index (Phi) is 7.28. The first-order valence-electron chi connectivity index (χ1n) is 12.8. The molecule has 1 aliphatic rings. The van der Waals surface area contributed by atoms with Crippen LogP contribution in [0.3, 0.4) is 0 Å². The van der Waals surface area contributed by atoms with Crippen molar-refractivity contribution in [3.8, 4) is 0 Å². The van der Waals surface area contributed by atoms with Crippen LogP contribution in [0.25, 0.3) is 17.0 Å². The molecule has 1 aromatic heterocycles. The third-order valence-electron chi connectivity index (χ3n) is 6.93. The summed E-state index contributed by atoms with van der Waals surface area (Å²) in [5, 5.41) is 2.92. The molecule has 4 nitrogen and oxygen atoms in total. The highest BCUT2D eigenvalue weighted by molar-refractivity contribution is 8.19. The fourth-order valence-corrected chi connectivity index (χ4v) is 6.37. The Hall–Kier alpha value is -3.77. The third-order valence-corrected chi connectivity index (χ3v) is 8.49. The number of carbonyl (C=O) groups excluding carboxylic acids is 1. The second-order valence-corrected chi connectivity index (χ2v) is 11.5. The topological polar surface area (TPSA) is 37.6 Å². The molecule has 40 heavy (non-hydrogen) atoms. The van der Waals surface area contributed by atoms with Gasteiger partial charge in [-0.3, -0.25) is 9.69 Å². The number of hydrogen-bond donors (Lipinski definition) is 0. The van der Waals surface area contributed by atoms with Crippen molar-refractivity contribution < 1.29 is 4.79 Å². The maximum Gasteiger partial charge on any atom is 0.271 e. The fraction of sp³-hybridized carbons (Fsp3) is 0.0909. The first kappa shape index (κ1) is 26.5. The van der Waals surface area contributed by atoms with Crippen LogP contribution in [0.4, 0.5) is 11.4 Å². The first-order valence-corrected chi connectivity index (χ1v) is 14.4. The second kappa shape index (κ2) is 11.0. The lowest BCUT2D eigenvalue weighted by molar-refractivity contribution is -0.113. The van der Waals surface area contributed by atoms with Crippen LogP contribution in [0.1, 0.15) is 22.3 Å². The van der Waals surface area contributed by atoms with Crippen LogP contribution >= 0.6 is 35.0 Å². The van der Waals surface area contributed by atoms with Crippen molar-refractivity contribution in [3.63, 3.8) is 0 Å². The van der Waals surface area contributed by atoms with Gasteiger partial charge in [-0.2, -0.15) is 0 Å². The van der Waals surface area contributed by atoms with Gasteiger partial charge in [0.05, 0.1) is 16.3 Å². The lowest BCUT2D eigenvalue weighted by atomic mass is 10.1. The smallest absolute Gasteiger partial charge is 0.271 e. The minimum Gasteiger partial charge on any atom is -0.342 e. The van der Waals surface area contributed by atoms with E-state index in [9.17, 15) is 4.79 Å². The van der Waals surface area contributed by atoms with Crippen molar-refractivity contribution in [2.24, 2.45) is 4.99 Å². The number of nitrogens with zero attached hydrogens (tertiary/aromatic N) is 3. The molecule has 2 heterocycles. The Morgan fingerprint density at radius 2 is 1.60 bits per heavy atom. The van der Waals surface area contributed by atoms with E-state index in [0.29, 0.717) is 26.7 Å². The Bertz CT molecular complexity index is 1800. The molecule has 6 rings (SSSR count). The van der Waals surface area contributed by atoms with Crippen LogP contribution in [0, 0.1) is 13.8 Å². The number of aliphatic imine (C=N–C) groups is 1. The summed E-state index contributed by atoms with van der Waals surface area (Å²) in [5.41, 5.74) is 6.78.